The van der Waals surface area contributed by atoms with Crippen molar-refractivity contribution in [3.05, 3.63) is 53.9 Å². The Balaban J connectivity index is 1.54. The molecular formula is C20H20N6O. The normalized spacial score (nSPS) is 16.9. The number of para-hydroxylation sites is 1. The number of amides is 1. The van der Waals surface area contributed by atoms with Crippen LogP contribution in [0.3, 0.4) is 0 Å². The van der Waals surface area contributed by atoms with Gasteiger partial charge in [-0.25, -0.2) is 4.98 Å². The number of nitrogens with zero attached hydrogens (tertiary/aromatic N) is 5. The van der Waals surface area contributed by atoms with Crippen molar-refractivity contribution in [1.29, 1.82) is 5.26 Å². The molecule has 136 valence electrons. The number of hydrogen-bond donors (Lipinski definition) is 1. The average Bonchev–Trinajstić information content (AvgIpc) is 3.14. The van der Waals surface area contributed by atoms with Crippen LogP contribution in [-0.2, 0) is 7.05 Å². The topological polar surface area (TPSA) is 86.8 Å². The standard InChI is InChI=1S/C20H20N6O/c1-25-12-15(11-22-25)20(27)23-16-5-4-8-26(13-16)19-9-14(10-21)17-6-2-3-7-18(17)24-19/h2-3,6-7,9,11-12,16H,4-5,8,13H2,1H3,(H,23,27). The summed E-state index contributed by atoms with van der Waals surface area (Å²) >= 11 is 0. The summed E-state index contributed by atoms with van der Waals surface area (Å²) in [6, 6.07) is 11.8. The quantitative estimate of drug-likeness (QED) is 0.774. The van der Waals surface area contributed by atoms with Crippen molar-refractivity contribution < 1.29 is 4.79 Å². The lowest BCUT2D eigenvalue weighted by atomic mass is 10.0. The van der Waals surface area contributed by atoms with E-state index in [1.165, 1.54) is 0 Å². The van der Waals surface area contributed by atoms with Crippen molar-refractivity contribution in [3.63, 3.8) is 0 Å². The number of nitrogens with one attached hydrogen (secondary N) is 1. The Labute approximate surface area is 157 Å². The molecule has 1 aliphatic heterocycles. The van der Waals surface area contributed by atoms with Gasteiger partial charge in [-0.15, -0.1) is 0 Å². The van der Waals surface area contributed by atoms with E-state index in [0.717, 1.165) is 36.1 Å². The van der Waals surface area contributed by atoms with Gasteiger partial charge in [-0.3, -0.25) is 9.48 Å². The highest BCUT2D eigenvalue weighted by Crippen LogP contribution is 2.25. The molecule has 1 unspecified atom stereocenters. The van der Waals surface area contributed by atoms with Crippen LogP contribution in [0.15, 0.2) is 42.7 Å². The molecule has 0 bridgehead atoms. The Bertz CT molecular complexity index is 1030. The van der Waals surface area contributed by atoms with Crippen molar-refractivity contribution in [2.45, 2.75) is 18.9 Å². The smallest absolute Gasteiger partial charge is 0.254 e. The van der Waals surface area contributed by atoms with Crippen LogP contribution in [0.2, 0.25) is 0 Å². The van der Waals surface area contributed by atoms with Crippen LogP contribution in [0, 0.1) is 11.3 Å². The molecular weight excluding hydrogens is 340 g/mol. The van der Waals surface area contributed by atoms with Crippen LogP contribution in [0.5, 0.6) is 0 Å². The fraction of sp³-hybridized carbons (Fsp3) is 0.300. The van der Waals surface area contributed by atoms with Crippen LogP contribution in [0.4, 0.5) is 5.82 Å². The number of carbonyl (C=O) groups is 1. The molecule has 0 aliphatic carbocycles. The van der Waals surface area contributed by atoms with Crippen molar-refractivity contribution in [1.82, 2.24) is 20.1 Å². The van der Waals surface area contributed by atoms with Crippen LogP contribution in [-0.4, -0.2) is 39.8 Å². The predicted octanol–water partition coefficient (Wildman–Crippen LogP) is 2.24. The van der Waals surface area contributed by atoms with Gasteiger partial charge in [0.25, 0.3) is 5.91 Å². The Kier molecular flexibility index (Phi) is 4.47. The van der Waals surface area contributed by atoms with E-state index in [1.807, 2.05) is 30.3 Å². The van der Waals surface area contributed by atoms with Crippen LogP contribution >= 0.6 is 0 Å². The highest BCUT2D eigenvalue weighted by molar-refractivity contribution is 5.94. The lowest BCUT2D eigenvalue weighted by Gasteiger charge is -2.34. The molecule has 0 saturated carbocycles. The molecule has 3 heterocycles. The van der Waals surface area contributed by atoms with Crippen molar-refractivity contribution in [2.24, 2.45) is 7.05 Å². The van der Waals surface area contributed by atoms with Crippen molar-refractivity contribution >= 4 is 22.6 Å². The predicted molar refractivity (Wildman–Crippen MR) is 102 cm³/mol. The van der Waals surface area contributed by atoms with E-state index in [2.05, 4.69) is 21.4 Å². The van der Waals surface area contributed by atoms with E-state index in [0.29, 0.717) is 17.7 Å². The van der Waals surface area contributed by atoms with Crippen molar-refractivity contribution in [2.75, 3.05) is 18.0 Å². The average molecular weight is 360 g/mol. The lowest BCUT2D eigenvalue weighted by molar-refractivity contribution is 0.0933. The van der Waals surface area contributed by atoms with Gasteiger partial charge in [-0.05, 0) is 25.0 Å². The zero-order chi connectivity index (χ0) is 18.8. The molecule has 1 fully saturated rings. The molecule has 27 heavy (non-hydrogen) atoms. The summed E-state index contributed by atoms with van der Waals surface area (Å²) in [5, 5.41) is 17.5. The van der Waals surface area contributed by atoms with Gasteiger partial charge in [0.1, 0.15) is 5.82 Å². The number of hydrogen-bond acceptors (Lipinski definition) is 5. The van der Waals surface area contributed by atoms with Gasteiger partial charge >= 0.3 is 0 Å². The van der Waals surface area contributed by atoms with E-state index in [9.17, 15) is 10.1 Å². The van der Waals surface area contributed by atoms with E-state index >= 15 is 0 Å². The van der Waals surface area contributed by atoms with Gasteiger partial charge in [0, 0.05) is 37.8 Å². The van der Waals surface area contributed by atoms with Crippen LogP contribution in [0.1, 0.15) is 28.8 Å². The van der Waals surface area contributed by atoms with E-state index < -0.39 is 0 Å². The van der Waals surface area contributed by atoms with E-state index in [-0.39, 0.29) is 11.9 Å². The second kappa shape index (κ2) is 7.08. The molecule has 1 aliphatic rings. The number of aromatic nitrogens is 3. The molecule has 7 heteroatoms. The monoisotopic (exact) mass is 360 g/mol. The maximum absolute atomic E-state index is 12.4. The van der Waals surface area contributed by atoms with Gasteiger partial charge in [0.05, 0.1) is 28.9 Å². The second-order valence-corrected chi connectivity index (χ2v) is 6.82. The Hall–Kier alpha value is -3.40. The maximum atomic E-state index is 12.4. The number of piperidine rings is 1. The summed E-state index contributed by atoms with van der Waals surface area (Å²) in [7, 11) is 1.79. The Morgan fingerprint density at radius 1 is 1.37 bits per heavy atom. The van der Waals surface area contributed by atoms with Crippen molar-refractivity contribution in [3.8, 4) is 6.07 Å². The molecule has 3 aromatic rings. The number of anilines is 1. The first kappa shape index (κ1) is 17.0. The number of nitriles is 1. The fourth-order valence-corrected chi connectivity index (χ4v) is 3.53. The third-order valence-corrected chi connectivity index (χ3v) is 4.87. The first-order chi connectivity index (χ1) is 13.1. The summed E-state index contributed by atoms with van der Waals surface area (Å²) < 4.78 is 1.62. The minimum Gasteiger partial charge on any atom is -0.355 e. The molecule has 1 saturated heterocycles. The third-order valence-electron chi connectivity index (χ3n) is 4.87. The molecule has 4 rings (SSSR count). The number of benzene rings is 1. The summed E-state index contributed by atoms with van der Waals surface area (Å²) in [6.45, 7) is 1.53. The number of aryl methyl sites for hydroxylation is 1. The molecule has 1 atom stereocenters. The largest absolute Gasteiger partial charge is 0.355 e. The lowest BCUT2D eigenvalue weighted by Crippen LogP contribution is -2.48. The Morgan fingerprint density at radius 3 is 3.00 bits per heavy atom. The number of fused-ring (bicyclic) bond motifs is 1. The van der Waals surface area contributed by atoms with E-state index in [1.54, 1.807) is 24.1 Å². The minimum atomic E-state index is -0.112. The summed E-state index contributed by atoms with van der Waals surface area (Å²) in [6.07, 6.45) is 5.15. The van der Waals surface area contributed by atoms with Gasteiger partial charge < -0.3 is 10.2 Å². The molecule has 1 aromatic carbocycles. The Morgan fingerprint density at radius 2 is 2.22 bits per heavy atom. The molecule has 0 spiro atoms. The second-order valence-electron chi connectivity index (χ2n) is 6.82. The molecule has 2 aromatic heterocycles. The highest BCUT2D eigenvalue weighted by atomic mass is 16.1. The van der Waals surface area contributed by atoms with Gasteiger partial charge in [0.15, 0.2) is 0 Å². The zero-order valence-electron chi connectivity index (χ0n) is 15.1. The van der Waals surface area contributed by atoms with Gasteiger partial charge in [-0.2, -0.15) is 10.4 Å². The first-order valence-corrected chi connectivity index (χ1v) is 8.98. The number of rotatable bonds is 3. The van der Waals surface area contributed by atoms with Gasteiger partial charge in [-0.1, -0.05) is 18.2 Å². The molecule has 1 N–H and O–H groups in total. The number of carbonyl (C=O) groups excluding carboxylic acids is 1. The molecule has 1 amide bonds. The summed E-state index contributed by atoms with van der Waals surface area (Å²) in [5.41, 5.74) is 2.00. The number of pyridine rings is 1. The third kappa shape index (κ3) is 3.47. The summed E-state index contributed by atoms with van der Waals surface area (Å²) in [4.78, 5) is 19.3. The fourth-order valence-electron chi connectivity index (χ4n) is 3.53. The van der Waals surface area contributed by atoms with E-state index in [4.69, 9.17) is 4.98 Å². The SMILES string of the molecule is Cn1cc(C(=O)NC2CCCN(c3cc(C#N)c4ccccc4n3)C2)cn1. The van der Waals surface area contributed by atoms with Crippen LogP contribution in [0.25, 0.3) is 10.9 Å². The highest BCUT2D eigenvalue weighted by Gasteiger charge is 2.24. The molecule has 0 radical (unpaired) electrons. The maximum Gasteiger partial charge on any atom is 0.254 e. The molecule has 7 nitrogen and oxygen atoms in total. The van der Waals surface area contributed by atoms with Gasteiger partial charge in [0.2, 0.25) is 0 Å². The zero-order valence-corrected chi connectivity index (χ0v) is 15.1. The first-order valence-electron chi connectivity index (χ1n) is 8.98. The van der Waals surface area contributed by atoms with Crippen LogP contribution < -0.4 is 10.2 Å². The minimum absolute atomic E-state index is 0.0327. The summed E-state index contributed by atoms with van der Waals surface area (Å²) in [5.74, 6) is 0.671.